The van der Waals surface area contributed by atoms with E-state index >= 15 is 0 Å². The number of hydrogen-bond acceptors (Lipinski definition) is 4. The molecule has 2 aromatic rings. The van der Waals surface area contributed by atoms with Crippen LogP contribution in [0.2, 0.25) is 0 Å². The fourth-order valence-electron chi connectivity index (χ4n) is 4.55. The van der Waals surface area contributed by atoms with Gasteiger partial charge < -0.3 is 14.0 Å². The van der Waals surface area contributed by atoms with Gasteiger partial charge in [0.1, 0.15) is 0 Å². The maximum Gasteiger partial charge on any atom is 0.411 e. The van der Waals surface area contributed by atoms with Gasteiger partial charge in [0.25, 0.3) is 0 Å². The number of ether oxygens (including phenoxy) is 2. The van der Waals surface area contributed by atoms with Gasteiger partial charge in [0.15, 0.2) is 5.78 Å². The Morgan fingerprint density at radius 1 is 1.19 bits per heavy atom. The highest BCUT2D eigenvalue weighted by Gasteiger charge is 2.29. The summed E-state index contributed by atoms with van der Waals surface area (Å²) in [6, 6.07) is 8.03. The molecule has 0 saturated heterocycles. The van der Waals surface area contributed by atoms with Crippen LogP contribution in [0.4, 0.5) is 10.5 Å². The number of nitrogens with one attached hydrogen (secondary N) is 1. The molecule has 1 N–H and O–H groups in total. The number of benzene rings is 1. The third-order valence-corrected chi connectivity index (χ3v) is 6.10. The average Bonchev–Trinajstić information content (AvgIpc) is 3.01. The number of hydrogen-bond donors (Lipinski definition) is 1. The van der Waals surface area contributed by atoms with Crippen molar-refractivity contribution < 1.29 is 19.1 Å². The van der Waals surface area contributed by atoms with E-state index in [1.165, 1.54) is 6.42 Å². The lowest BCUT2D eigenvalue weighted by molar-refractivity contribution is 0.101. The van der Waals surface area contributed by atoms with Crippen molar-refractivity contribution in [2.75, 3.05) is 11.9 Å². The van der Waals surface area contributed by atoms with Crippen LogP contribution in [0.15, 0.2) is 24.3 Å². The fourth-order valence-corrected chi connectivity index (χ4v) is 4.55. The summed E-state index contributed by atoms with van der Waals surface area (Å²) in [5, 5.41) is 4.88. The Bertz CT molecular complexity index is 1120. The van der Waals surface area contributed by atoms with Crippen molar-refractivity contribution in [3.63, 3.8) is 0 Å². The molecule has 1 heterocycles. The largest absolute Gasteiger partial charge is 0.447 e. The highest BCUT2D eigenvalue weighted by Crippen LogP contribution is 2.36. The molecule has 32 heavy (non-hydrogen) atoms. The third kappa shape index (κ3) is 4.37. The van der Waals surface area contributed by atoms with E-state index in [0.717, 1.165) is 46.7 Å². The van der Waals surface area contributed by atoms with Gasteiger partial charge in [-0.15, -0.1) is 0 Å². The van der Waals surface area contributed by atoms with Gasteiger partial charge in [0.2, 0.25) is 0 Å². The molecular weight excluding hydrogens is 404 g/mol. The molecule has 1 aromatic carbocycles. The number of aromatic nitrogens is 1. The predicted octanol–water partition coefficient (Wildman–Crippen LogP) is 4.41. The van der Waals surface area contributed by atoms with E-state index in [9.17, 15) is 9.59 Å². The number of carbonyl (C=O) groups excluding carboxylic acids is 2. The van der Waals surface area contributed by atoms with Gasteiger partial charge in [-0.3, -0.25) is 10.1 Å². The number of Topliss-reactive ketones (excluding diaryl/α,β-unsaturated/α-hetero) is 1. The zero-order valence-electron chi connectivity index (χ0n) is 19.3. The van der Waals surface area contributed by atoms with Gasteiger partial charge >= 0.3 is 6.09 Å². The van der Waals surface area contributed by atoms with Gasteiger partial charge in [-0.2, -0.15) is 0 Å². The maximum atomic E-state index is 12.8. The Balaban J connectivity index is 1.80. The van der Waals surface area contributed by atoms with Crippen LogP contribution < -0.4 is 15.9 Å². The molecule has 1 amide bonds. The number of amides is 1. The van der Waals surface area contributed by atoms with Crippen molar-refractivity contribution in [2.45, 2.75) is 71.6 Å². The van der Waals surface area contributed by atoms with E-state index in [-0.39, 0.29) is 18.0 Å². The first kappa shape index (κ1) is 22.3. The molecule has 1 saturated carbocycles. The first-order valence-corrected chi connectivity index (χ1v) is 11.6. The molecule has 0 bridgehead atoms. The standard InChI is InChI=1S/C26H32N2O4/c1-5-31-21-13-14-22-23(15-21)28(20-7-6-8-20)25(24(22)17(4)29)18-9-11-19(12-10-18)27-26(30)32-16(2)3/h9-12,14-16,20-21H,5-8,13H2,1-4H3,(H,27,30). The quantitative estimate of drug-likeness (QED) is 0.653. The van der Waals surface area contributed by atoms with Crippen molar-refractivity contribution in [3.8, 4) is 11.3 Å². The van der Waals surface area contributed by atoms with Crippen LogP contribution in [-0.2, 0) is 9.47 Å². The van der Waals surface area contributed by atoms with E-state index < -0.39 is 6.09 Å². The molecule has 170 valence electrons. The molecule has 1 atom stereocenters. The SMILES string of the molecule is CCOC1C=c2c(c(C(C)=O)c(-c3ccc(NC(=O)OC(C)C)cc3)n2C2CCC2)=CC1. The minimum Gasteiger partial charge on any atom is -0.447 e. The van der Waals surface area contributed by atoms with Crippen LogP contribution in [0.25, 0.3) is 23.4 Å². The highest BCUT2D eigenvalue weighted by atomic mass is 16.6. The lowest BCUT2D eigenvalue weighted by Gasteiger charge is -2.30. The minimum absolute atomic E-state index is 0.0347. The summed E-state index contributed by atoms with van der Waals surface area (Å²) < 4.78 is 13.4. The number of fused-ring (bicyclic) bond motifs is 1. The summed E-state index contributed by atoms with van der Waals surface area (Å²) in [4.78, 5) is 24.7. The number of carbonyl (C=O) groups is 2. The zero-order chi connectivity index (χ0) is 22.8. The zero-order valence-corrected chi connectivity index (χ0v) is 19.3. The lowest BCUT2D eigenvalue weighted by atomic mass is 9.92. The Morgan fingerprint density at radius 2 is 1.91 bits per heavy atom. The lowest BCUT2D eigenvalue weighted by Crippen LogP contribution is -2.39. The fraction of sp³-hybridized carbons (Fsp3) is 0.462. The second kappa shape index (κ2) is 9.33. The minimum atomic E-state index is -0.475. The molecular formula is C26H32N2O4. The Hall–Kier alpha value is -2.86. The van der Waals surface area contributed by atoms with Crippen LogP contribution in [0.1, 0.15) is 69.8 Å². The number of nitrogens with zero attached hydrogens (tertiary/aromatic N) is 1. The smallest absolute Gasteiger partial charge is 0.411 e. The average molecular weight is 437 g/mol. The van der Waals surface area contributed by atoms with E-state index in [4.69, 9.17) is 9.47 Å². The molecule has 4 rings (SSSR count). The van der Waals surface area contributed by atoms with E-state index in [0.29, 0.717) is 18.3 Å². The third-order valence-electron chi connectivity index (χ3n) is 6.10. The van der Waals surface area contributed by atoms with Gasteiger partial charge in [-0.1, -0.05) is 18.2 Å². The first-order chi connectivity index (χ1) is 15.4. The van der Waals surface area contributed by atoms with Crippen molar-refractivity contribution >= 4 is 29.7 Å². The molecule has 1 aromatic heterocycles. The van der Waals surface area contributed by atoms with Crippen LogP contribution in [-0.4, -0.2) is 35.3 Å². The highest BCUT2D eigenvalue weighted by molar-refractivity contribution is 6.01. The first-order valence-electron chi connectivity index (χ1n) is 11.6. The van der Waals surface area contributed by atoms with Crippen LogP contribution in [0.3, 0.4) is 0 Å². The normalized spacial score (nSPS) is 17.7. The summed E-state index contributed by atoms with van der Waals surface area (Å²) in [7, 11) is 0. The van der Waals surface area contributed by atoms with Crippen LogP contribution >= 0.6 is 0 Å². The van der Waals surface area contributed by atoms with E-state index in [1.54, 1.807) is 6.92 Å². The summed E-state index contributed by atoms with van der Waals surface area (Å²) in [6.07, 6.45) is 7.91. The van der Waals surface area contributed by atoms with Crippen molar-refractivity contribution in [1.29, 1.82) is 0 Å². The summed E-state index contributed by atoms with van der Waals surface area (Å²) in [5.74, 6) is 0.0662. The molecule has 6 nitrogen and oxygen atoms in total. The predicted molar refractivity (Wildman–Crippen MR) is 126 cm³/mol. The van der Waals surface area contributed by atoms with Gasteiger partial charge in [-0.25, -0.2) is 4.79 Å². The second-order valence-electron chi connectivity index (χ2n) is 8.79. The van der Waals surface area contributed by atoms with Crippen molar-refractivity contribution in [2.24, 2.45) is 0 Å². The van der Waals surface area contributed by atoms with Gasteiger partial charge in [0.05, 0.1) is 23.5 Å². The monoisotopic (exact) mass is 436 g/mol. The maximum absolute atomic E-state index is 12.8. The Kier molecular flexibility index (Phi) is 6.51. The summed E-state index contributed by atoms with van der Waals surface area (Å²) >= 11 is 0. The van der Waals surface area contributed by atoms with Gasteiger partial charge in [0, 0.05) is 28.9 Å². The van der Waals surface area contributed by atoms with E-state index in [1.807, 2.05) is 45.0 Å². The van der Waals surface area contributed by atoms with E-state index in [2.05, 4.69) is 22.0 Å². The van der Waals surface area contributed by atoms with Crippen LogP contribution in [0, 0.1) is 0 Å². The Morgan fingerprint density at radius 3 is 2.47 bits per heavy atom. The summed E-state index contributed by atoms with van der Waals surface area (Å²) in [5.41, 5.74) is 3.37. The molecule has 0 spiro atoms. The molecule has 0 aliphatic heterocycles. The van der Waals surface area contributed by atoms with Gasteiger partial charge in [-0.05, 0) is 77.2 Å². The molecule has 0 radical (unpaired) electrons. The molecule has 2 aliphatic rings. The molecule has 6 heteroatoms. The molecule has 2 aliphatic carbocycles. The molecule has 1 fully saturated rings. The number of rotatable bonds is 7. The Labute approximate surface area is 188 Å². The topological polar surface area (TPSA) is 69.6 Å². The van der Waals surface area contributed by atoms with Crippen LogP contribution in [0.5, 0.6) is 0 Å². The van der Waals surface area contributed by atoms with Crippen molar-refractivity contribution in [1.82, 2.24) is 4.57 Å². The van der Waals surface area contributed by atoms with Crippen molar-refractivity contribution in [3.05, 3.63) is 40.4 Å². The number of anilines is 1. The number of ketones is 1. The second-order valence-corrected chi connectivity index (χ2v) is 8.79. The summed E-state index contributed by atoms with van der Waals surface area (Å²) in [6.45, 7) is 7.94. The molecule has 1 unspecified atom stereocenters.